The van der Waals surface area contributed by atoms with Crippen molar-refractivity contribution in [3.8, 4) is 5.75 Å². The Labute approximate surface area is 105 Å². The topological polar surface area (TPSA) is 29.5 Å². The molecular weight excluding hydrogens is 212 g/mol. The number of aliphatic hydroxyl groups excluding tert-OH is 1. The summed E-state index contributed by atoms with van der Waals surface area (Å²) < 4.78 is 5.70. The molecule has 0 aliphatic heterocycles. The monoisotopic (exact) mass is 236 g/mol. The summed E-state index contributed by atoms with van der Waals surface area (Å²) in [7, 11) is 0. The second-order valence-corrected chi connectivity index (χ2v) is 4.92. The lowest BCUT2D eigenvalue weighted by Gasteiger charge is -2.10. The third-order valence-corrected chi connectivity index (χ3v) is 2.81. The standard InChI is InChI=1S/C15H24O2/c1-12(2)14-8-6-9-15(11-14)17-10-5-4-7-13(3)16/h6,8-9,11-13,16H,4-5,7,10H2,1-3H3. The molecule has 1 aromatic carbocycles. The van der Waals surface area contributed by atoms with Crippen LogP contribution in [-0.4, -0.2) is 17.8 Å². The molecule has 96 valence electrons. The summed E-state index contributed by atoms with van der Waals surface area (Å²) in [5.74, 6) is 1.49. The molecule has 1 unspecified atom stereocenters. The molecule has 0 amide bonds. The minimum Gasteiger partial charge on any atom is -0.494 e. The number of aliphatic hydroxyl groups is 1. The number of rotatable bonds is 7. The Morgan fingerprint density at radius 3 is 2.59 bits per heavy atom. The highest BCUT2D eigenvalue weighted by Gasteiger charge is 2.01. The fourth-order valence-electron chi connectivity index (χ4n) is 1.70. The van der Waals surface area contributed by atoms with Crippen molar-refractivity contribution in [2.24, 2.45) is 0 Å². The molecule has 2 nitrogen and oxygen atoms in total. The number of unbranched alkanes of at least 4 members (excludes halogenated alkanes) is 1. The zero-order valence-electron chi connectivity index (χ0n) is 11.1. The molecule has 0 heterocycles. The summed E-state index contributed by atoms with van der Waals surface area (Å²) in [6.45, 7) is 6.92. The molecule has 1 N–H and O–H groups in total. The Hall–Kier alpha value is -1.02. The highest BCUT2D eigenvalue weighted by molar-refractivity contribution is 5.30. The SMILES string of the molecule is CC(O)CCCCOc1cccc(C(C)C)c1. The van der Waals surface area contributed by atoms with Crippen LogP contribution >= 0.6 is 0 Å². The normalized spacial score (nSPS) is 12.8. The Bertz CT molecular complexity index is 318. The molecule has 1 rings (SSSR count). The third kappa shape index (κ3) is 5.73. The van der Waals surface area contributed by atoms with E-state index in [1.54, 1.807) is 0 Å². The van der Waals surface area contributed by atoms with Gasteiger partial charge in [0.2, 0.25) is 0 Å². The maximum Gasteiger partial charge on any atom is 0.119 e. The molecule has 0 spiro atoms. The second-order valence-electron chi connectivity index (χ2n) is 4.92. The molecule has 0 saturated heterocycles. The molecule has 0 aromatic heterocycles. The summed E-state index contributed by atoms with van der Waals surface area (Å²) in [6, 6.07) is 8.28. The lowest BCUT2D eigenvalue weighted by atomic mass is 10.0. The van der Waals surface area contributed by atoms with E-state index in [9.17, 15) is 0 Å². The van der Waals surface area contributed by atoms with Crippen LogP contribution in [0.4, 0.5) is 0 Å². The largest absolute Gasteiger partial charge is 0.494 e. The van der Waals surface area contributed by atoms with E-state index in [0.717, 1.165) is 31.6 Å². The molecule has 2 heteroatoms. The lowest BCUT2D eigenvalue weighted by Crippen LogP contribution is -2.02. The van der Waals surface area contributed by atoms with Gasteiger partial charge in [-0.05, 0) is 49.8 Å². The van der Waals surface area contributed by atoms with Crippen molar-refractivity contribution >= 4 is 0 Å². The number of hydrogen-bond acceptors (Lipinski definition) is 2. The fourth-order valence-corrected chi connectivity index (χ4v) is 1.70. The van der Waals surface area contributed by atoms with Crippen LogP contribution in [0.5, 0.6) is 5.75 Å². The van der Waals surface area contributed by atoms with Gasteiger partial charge in [-0.2, -0.15) is 0 Å². The Kier molecular flexibility index (Phi) is 6.06. The number of ether oxygens (including phenoxy) is 1. The maximum absolute atomic E-state index is 9.13. The van der Waals surface area contributed by atoms with E-state index in [0.29, 0.717) is 5.92 Å². The predicted molar refractivity (Wildman–Crippen MR) is 71.6 cm³/mol. The third-order valence-electron chi connectivity index (χ3n) is 2.81. The van der Waals surface area contributed by atoms with Crippen LogP contribution in [-0.2, 0) is 0 Å². The van der Waals surface area contributed by atoms with Crippen molar-refractivity contribution in [3.63, 3.8) is 0 Å². The predicted octanol–water partition coefficient (Wildman–Crippen LogP) is 3.74. The minimum absolute atomic E-state index is 0.195. The van der Waals surface area contributed by atoms with E-state index in [1.807, 2.05) is 19.1 Å². The molecule has 1 aromatic rings. The molecule has 1 atom stereocenters. The zero-order chi connectivity index (χ0) is 12.7. The van der Waals surface area contributed by atoms with Crippen LogP contribution in [0.2, 0.25) is 0 Å². The molecule has 0 fully saturated rings. The molecule has 0 bridgehead atoms. The van der Waals surface area contributed by atoms with Crippen molar-refractivity contribution < 1.29 is 9.84 Å². The highest BCUT2D eigenvalue weighted by Crippen LogP contribution is 2.20. The first kappa shape index (κ1) is 14.0. The van der Waals surface area contributed by atoms with Gasteiger partial charge in [0, 0.05) is 0 Å². The average molecular weight is 236 g/mol. The quantitative estimate of drug-likeness (QED) is 0.731. The molecular formula is C15H24O2. The summed E-state index contributed by atoms with van der Waals surface area (Å²) in [5.41, 5.74) is 1.31. The van der Waals surface area contributed by atoms with Crippen molar-refractivity contribution in [1.82, 2.24) is 0 Å². The van der Waals surface area contributed by atoms with Gasteiger partial charge < -0.3 is 9.84 Å². The molecule has 0 saturated carbocycles. The molecule has 0 aliphatic carbocycles. The summed E-state index contributed by atoms with van der Waals surface area (Å²) >= 11 is 0. The van der Waals surface area contributed by atoms with Gasteiger partial charge in [0.05, 0.1) is 12.7 Å². The van der Waals surface area contributed by atoms with E-state index >= 15 is 0 Å². The first-order chi connectivity index (χ1) is 8.09. The van der Waals surface area contributed by atoms with Crippen molar-refractivity contribution in [3.05, 3.63) is 29.8 Å². The van der Waals surface area contributed by atoms with Gasteiger partial charge in [0.1, 0.15) is 5.75 Å². The molecule has 17 heavy (non-hydrogen) atoms. The second kappa shape index (κ2) is 7.33. The van der Waals surface area contributed by atoms with Crippen LogP contribution < -0.4 is 4.74 Å². The number of hydrogen-bond donors (Lipinski definition) is 1. The van der Waals surface area contributed by atoms with Gasteiger partial charge >= 0.3 is 0 Å². The average Bonchev–Trinajstić information content (AvgIpc) is 2.28. The Morgan fingerprint density at radius 1 is 1.18 bits per heavy atom. The van der Waals surface area contributed by atoms with Gasteiger partial charge in [-0.3, -0.25) is 0 Å². The smallest absolute Gasteiger partial charge is 0.119 e. The van der Waals surface area contributed by atoms with Gasteiger partial charge in [-0.15, -0.1) is 0 Å². The first-order valence-corrected chi connectivity index (χ1v) is 6.50. The van der Waals surface area contributed by atoms with E-state index in [4.69, 9.17) is 9.84 Å². The van der Waals surface area contributed by atoms with E-state index in [1.165, 1.54) is 5.56 Å². The Balaban J connectivity index is 2.29. The molecule has 0 radical (unpaired) electrons. The van der Waals surface area contributed by atoms with Crippen LogP contribution in [0, 0.1) is 0 Å². The van der Waals surface area contributed by atoms with Gasteiger partial charge in [-0.25, -0.2) is 0 Å². The van der Waals surface area contributed by atoms with Crippen molar-refractivity contribution in [1.29, 1.82) is 0 Å². The van der Waals surface area contributed by atoms with Gasteiger partial charge in [0.25, 0.3) is 0 Å². The Morgan fingerprint density at radius 2 is 1.94 bits per heavy atom. The van der Waals surface area contributed by atoms with Gasteiger partial charge in [0.15, 0.2) is 0 Å². The first-order valence-electron chi connectivity index (χ1n) is 6.50. The summed E-state index contributed by atoms with van der Waals surface area (Å²) in [6.07, 6.45) is 2.67. The lowest BCUT2D eigenvalue weighted by molar-refractivity contribution is 0.177. The fraction of sp³-hybridized carbons (Fsp3) is 0.600. The van der Waals surface area contributed by atoms with Crippen molar-refractivity contribution in [2.45, 2.75) is 52.1 Å². The van der Waals surface area contributed by atoms with Crippen LogP contribution in [0.3, 0.4) is 0 Å². The van der Waals surface area contributed by atoms with Gasteiger partial charge in [-0.1, -0.05) is 26.0 Å². The van der Waals surface area contributed by atoms with Crippen LogP contribution in [0.15, 0.2) is 24.3 Å². The van der Waals surface area contributed by atoms with E-state index < -0.39 is 0 Å². The van der Waals surface area contributed by atoms with Crippen LogP contribution in [0.25, 0.3) is 0 Å². The highest BCUT2D eigenvalue weighted by atomic mass is 16.5. The minimum atomic E-state index is -0.195. The zero-order valence-corrected chi connectivity index (χ0v) is 11.1. The summed E-state index contributed by atoms with van der Waals surface area (Å²) in [5, 5.41) is 9.13. The van der Waals surface area contributed by atoms with Crippen molar-refractivity contribution in [2.75, 3.05) is 6.61 Å². The maximum atomic E-state index is 9.13. The van der Waals surface area contributed by atoms with E-state index in [-0.39, 0.29) is 6.10 Å². The van der Waals surface area contributed by atoms with Crippen LogP contribution in [0.1, 0.15) is 51.5 Å². The van der Waals surface area contributed by atoms with E-state index in [2.05, 4.69) is 26.0 Å². The molecule has 0 aliphatic rings. The summed E-state index contributed by atoms with van der Waals surface area (Å²) in [4.78, 5) is 0. The number of benzene rings is 1.